The number of hydrogen-bond acceptors (Lipinski definition) is 7. The molecule has 0 spiro atoms. The highest BCUT2D eigenvalue weighted by Crippen LogP contribution is 2.28. The fourth-order valence-electron chi connectivity index (χ4n) is 3.29. The van der Waals surface area contributed by atoms with E-state index in [1.807, 2.05) is 11.4 Å². The first-order valence-corrected chi connectivity index (χ1v) is 11.1. The van der Waals surface area contributed by atoms with Crippen molar-refractivity contribution in [2.75, 3.05) is 19.6 Å². The van der Waals surface area contributed by atoms with Crippen molar-refractivity contribution >= 4 is 21.4 Å². The summed E-state index contributed by atoms with van der Waals surface area (Å²) in [5.74, 6) is 0. The maximum atomic E-state index is 12.9. The first-order valence-electron chi connectivity index (χ1n) is 8.74. The van der Waals surface area contributed by atoms with Crippen LogP contribution in [-0.4, -0.2) is 53.2 Å². The third kappa shape index (κ3) is 4.08. The summed E-state index contributed by atoms with van der Waals surface area (Å²) in [5, 5.41) is 13.0. The van der Waals surface area contributed by atoms with E-state index >= 15 is 0 Å². The Kier molecular flexibility index (Phi) is 5.30. The summed E-state index contributed by atoms with van der Waals surface area (Å²) in [4.78, 5) is 3.73. The van der Waals surface area contributed by atoms with Crippen LogP contribution in [0.15, 0.2) is 53.0 Å². The van der Waals surface area contributed by atoms with E-state index in [0.717, 1.165) is 25.9 Å². The van der Waals surface area contributed by atoms with E-state index in [1.165, 1.54) is 15.9 Å². The summed E-state index contributed by atoms with van der Waals surface area (Å²) in [6.45, 7) is 2.34. The van der Waals surface area contributed by atoms with E-state index in [-0.39, 0.29) is 10.9 Å². The molecule has 1 aliphatic heterocycles. The van der Waals surface area contributed by atoms with Gasteiger partial charge in [0.15, 0.2) is 0 Å². The normalized spacial score (nSPS) is 16.6. The highest BCUT2D eigenvalue weighted by Gasteiger charge is 2.26. The van der Waals surface area contributed by atoms with Gasteiger partial charge in [0, 0.05) is 11.4 Å². The van der Waals surface area contributed by atoms with Gasteiger partial charge in [0.25, 0.3) is 0 Å². The van der Waals surface area contributed by atoms with Gasteiger partial charge in [-0.05, 0) is 66.0 Å². The SMILES string of the molecule is O=S(=O)(NCC(c1cccs1)N1CCCC1)c1cccc(-n2cnnn2)c1. The second-order valence-corrected chi connectivity index (χ2v) is 9.12. The summed E-state index contributed by atoms with van der Waals surface area (Å²) < 4.78 is 29.9. The third-order valence-corrected chi connectivity index (χ3v) is 7.06. The van der Waals surface area contributed by atoms with Gasteiger partial charge in [0.05, 0.1) is 16.6 Å². The van der Waals surface area contributed by atoms with Crippen molar-refractivity contribution in [2.24, 2.45) is 0 Å². The van der Waals surface area contributed by atoms with Crippen molar-refractivity contribution in [3.63, 3.8) is 0 Å². The lowest BCUT2D eigenvalue weighted by molar-refractivity contribution is 0.250. The zero-order chi connectivity index (χ0) is 18.7. The molecule has 4 rings (SSSR count). The van der Waals surface area contributed by atoms with Gasteiger partial charge in [0.1, 0.15) is 6.33 Å². The molecule has 1 saturated heterocycles. The second-order valence-electron chi connectivity index (χ2n) is 6.38. The molecule has 27 heavy (non-hydrogen) atoms. The number of nitrogens with one attached hydrogen (secondary N) is 1. The molecule has 0 saturated carbocycles. The zero-order valence-electron chi connectivity index (χ0n) is 14.6. The first kappa shape index (κ1) is 18.2. The molecule has 3 heterocycles. The minimum atomic E-state index is -3.64. The Morgan fingerprint density at radius 3 is 2.74 bits per heavy atom. The lowest BCUT2D eigenvalue weighted by Gasteiger charge is -2.26. The van der Waals surface area contributed by atoms with Gasteiger partial charge in [-0.25, -0.2) is 17.8 Å². The summed E-state index contributed by atoms with van der Waals surface area (Å²) >= 11 is 1.66. The molecule has 2 aromatic heterocycles. The molecular weight excluding hydrogens is 384 g/mol. The van der Waals surface area contributed by atoms with E-state index in [4.69, 9.17) is 0 Å². The highest BCUT2D eigenvalue weighted by atomic mass is 32.2. The second kappa shape index (κ2) is 7.85. The number of aromatic nitrogens is 4. The van der Waals surface area contributed by atoms with E-state index in [2.05, 4.69) is 31.2 Å². The smallest absolute Gasteiger partial charge is 0.240 e. The Morgan fingerprint density at radius 1 is 1.19 bits per heavy atom. The lowest BCUT2D eigenvalue weighted by atomic mass is 10.2. The Bertz CT molecular complexity index is 967. The highest BCUT2D eigenvalue weighted by molar-refractivity contribution is 7.89. The fraction of sp³-hybridized carbons (Fsp3) is 0.353. The maximum absolute atomic E-state index is 12.9. The van der Waals surface area contributed by atoms with Gasteiger partial charge < -0.3 is 0 Å². The van der Waals surface area contributed by atoms with Crippen molar-refractivity contribution < 1.29 is 8.42 Å². The molecule has 3 aromatic rings. The predicted molar refractivity (Wildman–Crippen MR) is 102 cm³/mol. The largest absolute Gasteiger partial charge is 0.294 e. The third-order valence-electron chi connectivity index (χ3n) is 4.66. The molecule has 0 aliphatic carbocycles. The minimum Gasteiger partial charge on any atom is -0.294 e. The minimum absolute atomic E-state index is 0.0602. The van der Waals surface area contributed by atoms with Gasteiger partial charge in [0.2, 0.25) is 10.0 Å². The average molecular weight is 405 g/mol. The van der Waals surface area contributed by atoms with Crippen LogP contribution in [-0.2, 0) is 10.0 Å². The lowest BCUT2D eigenvalue weighted by Crippen LogP contribution is -2.36. The number of rotatable bonds is 7. The fourth-order valence-corrected chi connectivity index (χ4v) is 5.23. The number of hydrogen-bond donors (Lipinski definition) is 1. The summed E-state index contributed by atoms with van der Waals surface area (Å²) in [6, 6.07) is 10.7. The Hall–Kier alpha value is -2.14. The van der Waals surface area contributed by atoms with Crippen molar-refractivity contribution in [1.29, 1.82) is 0 Å². The number of sulfonamides is 1. The molecule has 1 aliphatic rings. The van der Waals surface area contributed by atoms with E-state index in [0.29, 0.717) is 12.2 Å². The topological polar surface area (TPSA) is 93.0 Å². The Balaban J connectivity index is 1.53. The molecule has 1 unspecified atom stereocenters. The Labute approximate surface area is 161 Å². The van der Waals surface area contributed by atoms with Crippen LogP contribution in [0, 0.1) is 0 Å². The van der Waals surface area contributed by atoms with Crippen LogP contribution < -0.4 is 4.72 Å². The van der Waals surface area contributed by atoms with Crippen LogP contribution in [0.3, 0.4) is 0 Å². The molecule has 1 atom stereocenters. The quantitative estimate of drug-likeness (QED) is 0.646. The molecule has 1 aromatic carbocycles. The molecule has 1 fully saturated rings. The number of thiophene rings is 1. The van der Waals surface area contributed by atoms with Gasteiger partial charge in [-0.3, -0.25) is 4.90 Å². The monoisotopic (exact) mass is 404 g/mol. The van der Waals surface area contributed by atoms with Gasteiger partial charge >= 0.3 is 0 Å². The molecular formula is C17H20N6O2S2. The van der Waals surface area contributed by atoms with Gasteiger partial charge in [-0.2, -0.15) is 0 Å². The number of tetrazole rings is 1. The van der Waals surface area contributed by atoms with Crippen LogP contribution in [0.2, 0.25) is 0 Å². The van der Waals surface area contributed by atoms with Crippen LogP contribution in [0.1, 0.15) is 23.8 Å². The standard InChI is InChI=1S/C17H20N6O2S2/c24-27(25,15-6-3-5-14(11-15)23-13-18-20-21-23)19-12-16(17-7-4-10-26-17)22-8-1-2-9-22/h3-7,10-11,13,16,19H,1-2,8-9,12H2. The van der Waals surface area contributed by atoms with Crippen molar-refractivity contribution in [2.45, 2.75) is 23.8 Å². The first-order chi connectivity index (χ1) is 13.1. The molecule has 0 amide bonds. The summed E-state index contributed by atoms with van der Waals surface area (Å²) in [6.07, 6.45) is 3.74. The van der Waals surface area contributed by atoms with E-state index < -0.39 is 10.0 Å². The maximum Gasteiger partial charge on any atom is 0.240 e. The van der Waals surface area contributed by atoms with E-state index in [1.54, 1.807) is 35.6 Å². The van der Waals surface area contributed by atoms with E-state index in [9.17, 15) is 8.42 Å². The molecule has 10 heteroatoms. The molecule has 0 bridgehead atoms. The van der Waals surface area contributed by atoms with Crippen molar-refractivity contribution in [3.05, 3.63) is 53.0 Å². The van der Waals surface area contributed by atoms with Crippen LogP contribution >= 0.6 is 11.3 Å². The molecule has 0 radical (unpaired) electrons. The van der Waals surface area contributed by atoms with Crippen molar-refractivity contribution in [1.82, 2.24) is 29.8 Å². The number of likely N-dealkylation sites (tertiary alicyclic amines) is 1. The average Bonchev–Trinajstić information content (AvgIpc) is 3.44. The summed E-state index contributed by atoms with van der Waals surface area (Å²) in [7, 11) is -3.64. The van der Waals surface area contributed by atoms with Crippen molar-refractivity contribution in [3.8, 4) is 5.69 Å². The molecule has 8 nitrogen and oxygen atoms in total. The van der Waals surface area contributed by atoms with Gasteiger partial charge in [-0.15, -0.1) is 16.4 Å². The van der Waals surface area contributed by atoms with Crippen LogP contribution in [0.4, 0.5) is 0 Å². The predicted octanol–water partition coefficient (Wildman–Crippen LogP) is 1.84. The van der Waals surface area contributed by atoms with Crippen LogP contribution in [0.5, 0.6) is 0 Å². The molecule has 1 N–H and O–H groups in total. The number of benzene rings is 1. The number of nitrogens with zero attached hydrogens (tertiary/aromatic N) is 5. The summed E-state index contributed by atoms with van der Waals surface area (Å²) in [5.41, 5.74) is 0.595. The Morgan fingerprint density at radius 2 is 2.04 bits per heavy atom. The zero-order valence-corrected chi connectivity index (χ0v) is 16.2. The van der Waals surface area contributed by atoms with Gasteiger partial charge in [-0.1, -0.05) is 12.1 Å². The van der Waals surface area contributed by atoms with Crippen LogP contribution in [0.25, 0.3) is 5.69 Å². The molecule has 142 valence electrons.